The zero-order valence-corrected chi connectivity index (χ0v) is 16.1. The molecule has 0 aliphatic carbocycles. The van der Waals surface area contributed by atoms with Crippen LogP contribution in [0.4, 0.5) is 5.82 Å². The van der Waals surface area contributed by atoms with E-state index in [0.29, 0.717) is 6.04 Å². The van der Waals surface area contributed by atoms with Crippen molar-refractivity contribution in [3.05, 3.63) is 17.6 Å². The van der Waals surface area contributed by atoms with E-state index in [2.05, 4.69) is 32.4 Å². The van der Waals surface area contributed by atoms with Crippen LogP contribution in [0.5, 0.6) is 0 Å². The first-order chi connectivity index (χ1) is 12.6. The summed E-state index contributed by atoms with van der Waals surface area (Å²) >= 11 is 0. The first-order valence-electron chi connectivity index (χ1n) is 9.77. The van der Waals surface area contributed by atoms with E-state index in [9.17, 15) is 4.79 Å². The molecule has 0 bridgehead atoms. The molecule has 1 aromatic heterocycles. The number of hydrogen-bond acceptors (Lipinski definition) is 6. The molecule has 0 unspecified atom stereocenters. The lowest BCUT2D eigenvalue weighted by Crippen LogP contribution is -2.48. The van der Waals surface area contributed by atoms with E-state index in [1.807, 2.05) is 13.0 Å². The fraction of sp³-hybridized carbons (Fsp3) is 0.737. The van der Waals surface area contributed by atoms with Crippen molar-refractivity contribution in [2.45, 2.75) is 64.1 Å². The molecular weight excluding hydrogens is 330 g/mol. The Bertz CT molecular complexity index is 618. The number of nitrogens with one attached hydrogen (secondary N) is 2. The van der Waals surface area contributed by atoms with E-state index in [-0.39, 0.29) is 18.0 Å². The molecule has 26 heavy (non-hydrogen) atoms. The van der Waals surface area contributed by atoms with E-state index < -0.39 is 0 Å². The molecule has 0 saturated carbocycles. The van der Waals surface area contributed by atoms with Crippen LogP contribution in [0.15, 0.2) is 6.07 Å². The van der Waals surface area contributed by atoms with Gasteiger partial charge in [-0.15, -0.1) is 0 Å². The number of likely N-dealkylation sites (N-methyl/N-ethyl adjacent to an activating group) is 1. The van der Waals surface area contributed by atoms with Crippen molar-refractivity contribution in [1.29, 1.82) is 0 Å². The highest BCUT2D eigenvalue weighted by Gasteiger charge is 2.40. The molecule has 0 spiro atoms. The van der Waals surface area contributed by atoms with Gasteiger partial charge in [-0.2, -0.15) is 0 Å². The third-order valence-corrected chi connectivity index (χ3v) is 5.30. The molecule has 1 amide bonds. The Morgan fingerprint density at radius 1 is 1.35 bits per heavy atom. The highest BCUT2D eigenvalue weighted by molar-refractivity contribution is 5.82. The lowest BCUT2D eigenvalue weighted by molar-refractivity contribution is -0.126. The Hall–Kier alpha value is -1.73. The predicted molar refractivity (Wildman–Crippen MR) is 101 cm³/mol. The summed E-state index contributed by atoms with van der Waals surface area (Å²) in [5.74, 6) is 1.77. The quantitative estimate of drug-likeness (QED) is 0.800. The van der Waals surface area contributed by atoms with Crippen LogP contribution in [0.25, 0.3) is 0 Å². The summed E-state index contributed by atoms with van der Waals surface area (Å²) in [5.41, 5.74) is 1.07. The highest BCUT2D eigenvalue weighted by atomic mass is 16.5. The highest BCUT2D eigenvalue weighted by Crippen LogP contribution is 2.27. The number of hydrogen-bond donors (Lipinski definition) is 2. The molecule has 0 aromatic carbocycles. The molecule has 2 fully saturated rings. The van der Waals surface area contributed by atoms with Gasteiger partial charge in [0.2, 0.25) is 5.91 Å². The monoisotopic (exact) mass is 361 g/mol. The number of rotatable bonds is 6. The largest absolute Gasteiger partial charge is 0.381 e. The van der Waals surface area contributed by atoms with Crippen molar-refractivity contribution in [3.63, 3.8) is 0 Å². The van der Waals surface area contributed by atoms with Gasteiger partial charge >= 0.3 is 0 Å². The molecule has 1 aromatic rings. The number of carbonyl (C=O) groups excluding carboxylic acids is 1. The van der Waals surface area contributed by atoms with Gasteiger partial charge < -0.3 is 15.4 Å². The minimum absolute atomic E-state index is 0.0846. The van der Waals surface area contributed by atoms with E-state index in [1.54, 1.807) is 7.05 Å². The minimum Gasteiger partial charge on any atom is -0.381 e. The molecule has 3 heterocycles. The van der Waals surface area contributed by atoms with Gasteiger partial charge in [0.25, 0.3) is 0 Å². The average Bonchev–Trinajstić information content (AvgIpc) is 3.05. The molecular formula is C19H31N5O2. The summed E-state index contributed by atoms with van der Waals surface area (Å²) in [7, 11) is 1.72. The predicted octanol–water partition coefficient (Wildman–Crippen LogP) is 1.52. The van der Waals surface area contributed by atoms with Crippen molar-refractivity contribution in [3.8, 4) is 0 Å². The Morgan fingerprint density at radius 2 is 2.12 bits per heavy atom. The molecule has 2 aliphatic heterocycles. The Kier molecular flexibility index (Phi) is 6.43. The summed E-state index contributed by atoms with van der Waals surface area (Å²) in [4.78, 5) is 23.8. The first-order valence-corrected chi connectivity index (χ1v) is 9.77. The molecule has 2 saturated heterocycles. The van der Waals surface area contributed by atoms with Gasteiger partial charge in [0.1, 0.15) is 11.6 Å². The second-order valence-corrected chi connectivity index (χ2v) is 7.29. The SMILES string of the molecule is CCCc1cc(N[C@@H]2C[C@@H](C(=O)NC)N(C3CCOCC3)C2)nc(C)n1. The van der Waals surface area contributed by atoms with Crippen LogP contribution in [0, 0.1) is 6.92 Å². The average molecular weight is 361 g/mol. The van der Waals surface area contributed by atoms with Crippen LogP contribution < -0.4 is 10.6 Å². The van der Waals surface area contributed by atoms with Crippen molar-refractivity contribution < 1.29 is 9.53 Å². The summed E-state index contributed by atoms with van der Waals surface area (Å²) in [5, 5.41) is 6.38. The van der Waals surface area contributed by atoms with Gasteiger partial charge in [-0.1, -0.05) is 13.3 Å². The smallest absolute Gasteiger partial charge is 0.237 e. The van der Waals surface area contributed by atoms with Gasteiger partial charge in [-0.05, 0) is 32.6 Å². The van der Waals surface area contributed by atoms with Gasteiger partial charge in [0, 0.05) is 50.7 Å². The Morgan fingerprint density at radius 3 is 2.81 bits per heavy atom. The molecule has 2 aliphatic rings. The van der Waals surface area contributed by atoms with Gasteiger partial charge in [-0.3, -0.25) is 9.69 Å². The number of aromatic nitrogens is 2. The second kappa shape index (κ2) is 8.77. The third-order valence-electron chi connectivity index (χ3n) is 5.30. The number of aryl methyl sites for hydroxylation is 2. The topological polar surface area (TPSA) is 79.4 Å². The van der Waals surface area contributed by atoms with Crippen LogP contribution in [-0.4, -0.2) is 65.7 Å². The maximum absolute atomic E-state index is 12.4. The van der Waals surface area contributed by atoms with Gasteiger partial charge in [0.05, 0.1) is 6.04 Å². The van der Waals surface area contributed by atoms with E-state index in [0.717, 1.165) is 69.2 Å². The van der Waals surface area contributed by atoms with Crippen LogP contribution in [0.3, 0.4) is 0 Å². The van der Waals surface area contributed by atoms with E-state index in [1.165, 1.54) is 0 Å². The first kappa shape index (κ1) is 19.0. The molecule has 144 valence electrons. The Balaban J connectivity index is 1.71. The van der Waals surface area contributed by atoms with Crippen molar-refractivity contribution in [1.82, 2.24) is 20.2 Å². The summed E-state index contributed by atoms with van der Waals surface area (Å²) < 4.78 is 5.49. The zero-order chi connectivity index (χ0) is 18.5. The third kappa shape index (κ3) is 4.51. The number of likely N-dealkylation sites (tertiary alicyclic amines) is 1. The number of anilines is 1. The molecule has 0 radical (unpaired) electrons. The Labute approximate surface area is 155 Å². The second-order valence-electron chi connectivity index (χ2n) is 7.29. The maximum Gasteiger partial charge on any atom is 0.237 e. The van der Waals surface area contributed by atoms with Gasteiger partial charge in [0.15, 0.2) is 0 Å². The fourth-order valence-electron chi connectivity index (χ4n) is 4.11. The maximum atomic E-state index is 12.4. The molecule has 7 nitrogen and oxygen atoms in total. The summed E-state index contributed by atoms with van der Waals surface area (Å²) in [6.45, 7) is 6.51. The summed E-state index contributed by atoms with van der Waals surface area (Å²) in [6, 6.07) is 2.59. The lowest BCUT2D eigenvalue weighted by atomic mass is 10.1. The minimum atomic E-state index is -0.0846. The van der Waals surface area contributed by atoms with Gasteiger partial charge in [-0.25, -0.2) is 9.97 Å². The molecule has 3 rings (SSSR count). The van der Waals surface area contributed by atoms with E-state index in [4.69, 9.17) is 4.74 Å². The fourth-order valence-corrected chi connectivity index (χ4v) is 4.11. The zero-order valence-electron chi connectivity index (χ0n) is 16.1. The van der Waals surface area contributed by atoms with E-state index >= 15 is 0 Å². The van der Waals surface area contributed by atoms with Crippen molar-refractivity contribution in [2.24, 2.45) is 0 Å². The van der Waals surface area contributed by atoms with Crippen molar-refractivity contribution >= 4 is 11.7 Å². The molecule has 7 heteroatoms. The van der Waals surface area contributed by atoms with Crippen LogP contribution in [0.2, 0.25) is 0 Å². The van der Waals surface area contributed by atoms with Crippen LogP contribution >= 0.6 is 0 Å². The summed E-state index contributed by atoms with van der Waals surface area (Å²) in [6.07, 6.45) is 4.80. The number of carbonyl (C=O) groups is 1. The van der Waals surface area contributed by atoms with Crippen LogP contribution in [-0.2, 0) is 16.0 Å². The number of nitrogens with zero attached hydrogens (tertiary/aromatic N) is 3. The molecule has 2 N–H and O–H groups in total. The number of amides is 1. The molecule has 2 atom stereocenters. The standard InChI is InChI=1S/C19H31N5O2/c1-4-5-14-11-18(22-13(2)21-14)23-15-10-17(19(25)20-3)24(12-15)16-6-8-26-9-7-16/h11,15-17H,4-10,12H2,1-3H3,(H,20,25)(H,21,22,23)/t15-,17+/m1/s1. The lowest BCUT2D eigenvalue weighted by Gasteiger charge is -2.34. The van der Waals surface area contributed by atoms with Crippen molar-refractivity contribution in [2.75, 3.05) is 32.1 Å². The normalized spacial score (nSPS) is 24.6. The number of ether oxygens (including phenoxy) is 1. The van der Waals surface area contributed by atoms with Crippen LogP contribution in [0.1, 0.15) is 44.1 Å².